The number of hydrogen-bond acceptors (Lipinski definition) is 0. The van der Waals surface area contributed by atoms with E-state index in [2.05, 4.69) is 15.9 Å². The minimum atomic E-state index is -2.15. The first-order valence-corrected chi connectivity index (χ1v) is 4.17. The minimum absolute atomic E-state index is 0.0295. The van der Waals surface area contributed by atoms with E-state index in [0.717, 1.165) is 6.42 Å². The first kappa shape index (κ1) is 9.34. The molecule has 0 fully saturated rings. The number of rotatable bonds is 4. The topological polar surface area (TPSA) is 0 Å². The first-order chi connectivity index (χ1) is 4.20. The van der Waals surface area contributed by atoms with Crippen molar-refractivity contribution in [3.05, 3.63) is 0 Å². The Balaban J connectivity index is 3.31. The molecule has 0 spiro atoms. The Morgan fingerprint density at radius 1 is 1.44 bits per heavy atom. The highest BCUT2D eigenvalue weighted by Gasteiger charge is 2.10. The molecule has 1 unspecified atom stereocenters. The minimum Gasteiger partial charge on any atom is -0.211 e. The van der Waals surface area contributed by atoms with Crippen LogP contribution >= 0.6 is 15.9 Å². The van der Waals surface area contributed by atoms with Gasteiger partial charge in [-0.15, -0.1) is 0 Å². The standard InChI is InChI=1S/C6H11BrF2/c1-2-5(4-7)3-6(8)9/h5-6H,2-4H2,1H3. The van der Waals surface area contributed by atoms with Gasteiger partial charge in [0.1, 0.15) is 0 Å². The van der Waals surface area contributed by atoms with E-state index in [1.807, 2.05) is 6.92 Å². The molecule has 0 N–H and O–H groups in total. The second-order valence-electron chi connectivity index (χ2n) is 2.06. The van der Waals surface area contributed by atoms with Crippen LogP contribution in [0.5, 0.6) is 0 Å². The van der Waals surface area contributed by atoms with Gasteiger partial charge in [0.2, 0.25) is 6.43 Å². The number of alkyl halides is 3. The molecule has 3 heteroatoms. The van der Waals surface area contributed by atoms with Gasteiger partial charge in [0.05, 0.1) is 0 Å². The summed E-state index contributed by atoms with van der Waals surface area (Å²) in [5.41, 5.74) is 0. The van der Waals surface area contributed by atoms with Gasteiger partial charge in [-0.2, -0.15) is 0 Å². The molecule has 0 heterocycles. The highest BCUT2D eigenvalue weighted by molar-refractivity contribution is 9.09. The van der Waals surface area contributed by atoms with Crippen LogP contribution in [0.3, 0.4) is 0 Å². The van der Waals surface area contributed by atoms with Gasteiger partial charge in [0.15, 0.2) is 0 Å². The zero-order valence-corrected chi connectivity index (χ0v) is 7.00. The van der Waals surface area contributed by atoms with Crippen LogP contribution in [0.15, 0.2) is 0 Å². The molecule has 0 aliphatic heterocycles. The summed E-state index contributed by atoms with van der Waals surface area (Å²) >= 11 is 3.17. The smallest absolute Gasteiger partial charge is 0.211 e. The molecule has 0 aliphatic carbocycles. The van der Waals surface area contributed by atoms with Gasteiger partial charge in [-0.1, -0.05) is 29.3 Å². The fraction of sp³-hybridized carbons (Fsp3) is 1.00. The van der Waals surface area contributed by atoms with Gasteiger partial charge in [0, 0.05) is 11.8 Å². The van der Waals surface area contributed by atoms with Crippen molar-refractivity contribution in [3.8, 4) is 0 Å². The van der Waals surface area contributed by atoms with Crippen LogP contribution in [0.2, 0.25) is 0 Å². The number of hydrogen-bond donors (Lipinski definition) is 0. The lowest BCUT2D eigenvalue weighted by molar-refractivity contribution is 0.118. The molecule has 0 aliphatic rings. The first-order valence-electron chi connectivity index (χ1n) is 3.04. The molecule has 0 rings (SSSR count). The van der Waals surface area contributed by atoms with Crippen molar-refractivity contribution in [2.24, 2.45) is 5.92 Å². The molecule has 9 heavy (non-hydrogen) atoms. The van der Waals surface area contributed by atoms with E-state index in [9.17, 15) is 8.78 Å². The van der Waals surface area contributed by atoms with E-state index in [4.69, 9.17) is 0 Å². The van der Waals surface area contributed by atoms with Crippen LogP contribution < -0.4 is 0 Å². The molecular weight excluding hydrogens is 190 g/mol. The Labute approximate surface area is 62.8 Å². The molecule has 56 valence electrons. The molecular formula is C6H11BrF2. The predicted octanol–water partition coefficient (Wildman–Crippen LogP) is 3.06. The van der Waals surface area contributed by atoms with E-state index in [0.29, 0.717) is 5.33 Å². The van der Waals surface area contributed by atoms with Crippen LogP contribution in [0.25, 0.3) is 0 Å². The van der Waals surface area contributed by atoms with Crippen molar-refractivity contribution in [3.63, 3.8) is 0 Å². The zero-order valence-electron chi connectivity index (χ0n) is 5.41. The maximum Gasteiger partial charge on any atom is 0.238 e. The van der Waals surface area contributed by atoms with Gasteiger partial charge in [-0.05, 0) is 5.92 Å². The molecule has 0 aromatic heterocycles. The molecule has 0 amide bonds. The van der Waals surface area contributed by atoms with Crippen LogP contribution in [0.4, 0.5) is 8.78 Å². The molecule has 0 saturated carbocycles. The van der Waals surface area contributed by atoms with Gasteiger partial charge >= 0.3 is 0 Å². The number of halogens is 3. The summed E-state index contributed by atoms with van der Waals surface area (Å²) in [6.45, 7) is 1.92. The Bertz CT molecular complexity index is 62.1. The van der Waals surface area contributed by atoms with E-state index in [-0.39, 0.29) is 12.3 Å². The summed E-state index contributed by atoms with van der Waals surface area (Å²) in [6, 6.07) is 0. The van der Waals surface area contributed by atoms with Crippen LogP contribution in [-0.2, 0) is 0 Å². The summed E-state index contributed by atoms with van der Waals surface area (Å²) < 4.78 is 23.3. The third-order valence-electron chi connectivity index (χ3n) is 1.31. The van der Waals surface area contributed by atoms with E-state index >= 15 is 0 Å². The maximum atomic E-state index is 11.6. The average Bonchev–Trinajstić information content (AvgIpc) is 1.82. The fourth-order valence-electron chi connectivity index (χ4n) is 0.591. The lowest BCUT2D eigenvalue weighted by atomic mass is 10.1. The predicted molar refractivity (Wildman–Crippen MR) is 38.2 cm³/mol. The maximum absolute atomic E-state index is 11.6. The Morgan fingerprint density at radius 3 is 2.11 bits per heavy atom. The summed E-state index contributed by atoms with van der Waals surface area (Å²) in [5, 5.41) is 0.688. The van der Waals surface area contributed by atoms with E-state index in [1.165, 1.54) is 0 Å². The van der Waals surface area contributed by atoms with Gasteiger partial charge in [-0.25, -0.2) is 8.78 Å². The van der Waals surface area contributed by atoms with Crippen molar-refractivity contribution in [1.29, 1.82) is 0 Å². The summed E-state index contributed by atoms with van der Waals surface area (Å²) in [6.07, 6.45) is -1.29. The molecule has 0 radical (unpaired) electrons. The van der Waals surface area contributed by atoms with Gasteiger partial charge < -0.3 is 0 Å². The van der Waals surface area contributed by atoms with Crippen molar-refractivity contribution < 1.29 is 8.78 Å². The largest absolute Gasteiger partial charge is 0.238 e. The van der Waals surface area contributed by atoms with Crippen molar-refractivity contribution >= 4 is 15.9 Å². The van der Waals surface area contributed by atoms with Crippen molar-refractivity contribution in [2.75, 3.05) is 5.33 Å². The van der Waals surface area contributed by atoms with Crippen molar-refractivity contribution in [2.45, 2.75) is 26.2 Å². The molecule has 0 aromatic carbocycles. The summed E-state index contributed by atoms with van der Waals surface area (Å²) in [5.74, 6) is 0.144. The third-order valence-corrected chi connectivity index (χ3v) is 2.22. The van der Waals surface area contributed by atoms with Crippen LogP contribution in [-0.4, -0.2) is 11.8 Å². The lowest BCUT2D eigenvalue weighted by Gasteiger charge is -2.08. The van der Waals surface area contributed by atoms with Gasteiger partial charge in [-0.3, -0.25) is 0 Å². The van der Waals surface area contributed by atoms with Gasteiger partial charge in [0.25, 0.3) is 0 Å². The summed E-state index contributed by atoms with van der Waals surface area (Å²) in [7, 11) is 0. The highest BCUT2D eigenvalue weighted by atomic mass is 79.9. The monoisotopic (exact) mass is 200 g/mol. The average molecular weight is 201 g/mol. The SMILES string of the molecule is CCC(CBr)CC(F)F. The normalized spacial score (nSPS) is 14.3. The molecule has 0 bridgehead atoms. The fourth-order valence-corrected chi connectivity index (χ4v) is 1.31. The Kier molecular flexibility index (Phi) is 5.35. The van der Waals surface area contributed by atoms with E-state index < -0.39 is 6.43 Å². The molecule has 0 saturated heterocycles. The quantitative estimate of drug-likeness (QED) is 0.613. The highest BCUT2D eigenvalue weighted by Crippen LogP contribution is 2.15. The van der Waals surface area contributed by atoms with E-state index in [1.54, 1.807) is 0 Å². The Hall–Kier alpha value is 0.340. The van der Waals surface area contributed by atoms with Crippen LogP contribution in [0.1, 0.15) is 19.8 Å². The second-order valence-corrected chi connectivity index (χ2v) is 2.70. The third kappa shape index (κ3) is 4.82. The van der Waals surface area contributed by atoms with Crippen LogP contribution in [0, 0.1) is 5.92 Å². The second kappa shape index (κ2) is 5.15. The molecule has 0 nitrogen and oxygen atoms in total. The van der Waals surface area contributed by atoms with Crippen molar-refractivity contribution in [1.82, 2.24) is 0 Å². The molecule has 1 atom stereocenters. The Morgan fingerprint density at radius 2 is 2.00 bits per heavy atom. The zero-order chi connectivity index (χ0) is 7.28. The molecule has 0 aromatic rings. The summed E-state index contributed by atoms with van der Waals surface area (Å²) in [4.78, 5) is 0. The lowest BCUT2D eigenvalue weighted by Crippen LogP contribution is -2.05.